The van der Waals surface area contributed by atoms with E-state index in [4.69, 9.17) is 0 Å². The Hall–Kier alpha value is -2.33. The molecular weight excluding hydrogens is 346 g/mol. The maximum absolute atomic E-state index is 12.9. The van der Waals surface area contributed by atoms with E-state index >= 15 is 0 Å². The summed E-state index contributed by atoms with van der Waals surface area (Å²) in [5, 5.41) is 3.18. The molecule has 2 aromatic carbocycles. The standard InChI is InChI=1S/C24H33N3O/c1-5-18(2)21-11-7-8-12-22(21)25-24(28)20(4)26-14-16-27(17-15-26)23-13-9-6-10-19(23)3/h6-13,18,20H,5,14-17H2,1-4H3,(H,25,28)/t18-,20+/m0/s1. The van der Waals surface area contributed by atoms with Gasteiger partial charge in [0.2, 0.25) is 5.91 Å². The molecule has 1 amide bonds. The molecule has 0 saturated carbocycles. The molecule has 1 aliphatic rings. The summed E-state index contributed by atoms with van der Waals surface area (Å²) >= 11 is 0. The highest BCUT2D eigenvalue weighted by Gasteiger charge is 2.26. The predicted octanol–water partition coefficient (Wildman–Crippen LogP) is 4.66. The van der Waals surface area contributed by atoms with Crippen LogP contribution in [0, 0.1) is 6.92 Å². The van der Waals surface area contributed by atoms with Crippen LogP contribution in [-0.2, 0) is 4.79 Å². The Morgan fingerprint density at radius 1 is 1.00 bits per heavy atom. The van der Waals surface area contributed by atoms with Crippen LogP contribution in [0.5, 0.6) is 0 Å². The van der Waals surface area contributed by atoms with E-state index in [1.54, 1.807) is 0 Å². The predicted molar refractivity (Wildman–Crippen MR) is 118 cm³/mol. The minimum Gasteiger partial charge on any atom is -0.369 e. The van der Waals surface area contributed by atoms with Gasteiger partial charge in [0.05, 0.1) is 6.04 Å². The molecule has 0 spiro atoms. The third kappa shape index (κ3) is 4.56. The Labute approximate surface area is 169 Å². The van der Waals surface area contributed by atoms with Gasteiger partial charge < -0.3 is 10.2 Å². The topological polar surface area (TPSA) is 35.6 Å². The smallest absolute Gasteiger partial charge is 0.241 e. The molecule has 1 fully saturated rings. The first-order valence-corrected chi connectivity index (χ1v) is 10.5. The van der Waals surface area contributed by atoms with Gasteiger partial charge in [-0.1, -0.05) is 50.2 Å². The zero-order chi connectivity index (χ0) is 20.1. The molecule has 2 atom stereocenters. The summed E-state index contributed by atoms with van der Waals surface area (Å²) in [5.74, 6) is 0.518. The maximum Gasteiger partial charge on any atom is 0.241 e. The van der Waals surface area contributed by atoms with Crippen molar-refractivity contribution in [3.8, 4) is 0 Å². The highest BCUT2D eigenvalue weighted by atomic mass is 16.2. The van der Waals surface area contributed by atoms with E-state index in [9.17, 15) is 4.79 Å². The van der Waals surface area contributed by atoms with Gasteiger partial charge in [-0.2, -0.15) is 0 Å². The van der Waals surface area contributed by atoms with Gasteiger partial charge in [0, 0.05) is 37.6 Å². The Morgan fingerprint density at radius 3 is 2.32 bits per heavy atom. The number of para-hydroxylation sites is 2. The molecule has 28 heavy (non-hydrogen) atoms. The van der Waals surface area contributed by atoms with Crippen LogP contribution < -0.4 is 10.2 Å². The fourth-order valence-electron chi connectivity index (χ4n) is 3.93. The van der Waals surface area contributed by atoms with Crippen molar-refractivity contribution in [1.82, 2.24) is 4.90 Å². The summed E-state index contributed by atoms with van der Waals surface area (Å²) in [7, 11) is 0. The summed E-state index contributed by atoms with van der Waals surface area (Å²) in [6, 6.07) is 16.6. The molecule has 1 saturated heterocycles. The van der Waals surface area contributed by atoms with E-state index < -0.39 is 0 Å². The molecule has 1 aliphatic heterocycles. The second kappa shape index (κ2) is 9.24. The quantitative estimate of drug-likeness (QED) is 0.793. The van der Waals surface area contributed by atoms with Crippen molar-refractivity contribution in [2.45, 2.75) is 46.1 Å². The summed E-state index contributed by atoms with van der Waals surface area (Å²) in [4.78, 5) is 17.6. The Balaban J connectivity index is 1.60. The first-order chi connectivity index (χ1) is 13.5. The van der Waals surface area contributed by atoms with Gasteiger partial charge in [0.15, 0.2) is 0 Å². The van der Waals surface area contributed by atoms with Crippen molar-refractivity contribution in [3.63, 3.8) is 0 Å². The lowest BCUT2D eigenvalue weighted by Crippen LogP contribution is -2.53. The van der Waals surface area contributed by atoms with Crippen LogP contribution in [0.4, 0.5) is 11.4 Å². The summed E-state index contributed by atoms with van der Waals surface area (Å²) in [6.07, 6.45) is 1.06. The molecule has 1 heterocycles. The van der Waals surface area contributed by atoms with Crippen LogP contribution in [0.25, 0.3) is 0 Å². The molecule has 0 aliphatic carbocycles. The van der Waals surface area contributed by atoms with Crippen molar-refractivity contribution in [2.75, 3.05) is 36.4 Å². The third-order valence-electron chi connectivity index (χ3n) is 6.06. The summed E-state index contributed by atoms with van der Waals surface area (Å²) in [5.41, 5.74) is 4.78. The SMILES string of the molecule is CC[C@H](C)c1ccccc1NC(=O)[C@@H](C)N1CCN(c2ccccc2C)CC1. The van der Waals surface area contributed by atoms with E-state index in [1.165, 1.54) is 16.8 Å². The molecule has 1 N–H and O–H groups in total. The van der Waals surface area contributed by atoms with Crippen LogP contribution in [0.2, 0.25) is 0 Å². The largest absolute Gasteiger partial charge is 0.369 e. The minimum atomic E-state index is -0.135. The van der Waals surface area contributed by atoms with E-state index in [-0.39, 0.29) is 11.9 Å². The molecule has 4 heteroatoms. The number of carbonyl (C=O) groups excluding carboxylic acids is 1. The van der Waals surface area contributed by atoms with Crippen LogP contribution in [-0.4, -0.2) is 43.0 Å². The molecule has 150 valence electrons. The van der Waals surface area contributed by atoms with Gasteiger partial charge in [-0.15, -0.1) is 0 Å². The zero-order valence-corrected chi connectivity index (χ0v) is 17.6. The molecule has 0 unspecified atom stereocenters. The third-order valence-corrected chi connectivity index (χ3v) is 6.06. The number of nitrogens with one attached hydrogen (secondary N) is 1. The lowest BCUT2D eigenvalue weighted by molar-refractivity contribution is -0.120. The Bertz CT molecular complexity index is 796. The monoisotopic (exact) mass is 379 g/mol. The molecule has 2 aromatic rings. The summed E-state index contributed by atoms with van der Waals surface area (Å²) in [6.45, 7) is 12.3. The lowest BCUT2D eigenvalue weighted by atomic mass is 9.97. The van der Waals surface area contributed by atoms with Crippen LogP contribution in [0.15, 0.2) is 48.5 Å². The number of amides is 1. The Kier molecular flexibility index (Phi) is 6.74. The fourth-order valence-corrected chi connectivity index (χ4v) is 3.93. The van der Waals surface area contributed by atoms with Gasteiger partial charge in [0.1, 0.15) is 0 Å². The van der Waals surface area contributed by atoms with Gasteiger partial charge in [-0.05, 0) is 49.4 Å². The average Bonchev–Trinajstić information content (AvgIpc) is 2.73. The molecule has 0 aromatic heterocycles. The number of anilines is 2. The molecular formula is C24H33N3O. The number of rotatable bonds is 6. The van der Waals surface area contributed by atoms with Crippen LogP contribution in [0.3, 0.4) is 0 Å². The number of carbonyl (C=O) groups is 1. The first-order valence-electron chi connectivity index (χ1n) is 10.5. The lowest BCUT2D eigenvalue weighted by Gasteiger charge is -2.39. The van der Waals surface area contributed by atoms with Gasteiger partial charge >= 0.3 is 0 Å². The number of aryl methyl sites for hydroxylation is 1. The number of hydrogen-bond donors (Lipinski definition) is 1. The van der Waals surface area contributed by atoms with E-state index in [1.807, 2.05) is 25.1 Å². The van der Waals surface area contributed by atoms with E-state index in [0.717, 1.165) is 38.3 Å². The summed E-state index contributed by atoms with van der Waals surface area (Å²) < 4.78 is 0. The van der Waals surface area contributed by atoms with Crippen molar-refractivity contribution in [1.29, 1.82) is 0 Å². The van der Waals surface area contributed by atoms with Crippen molar-refractivity contribution < 1.29 is 4.79 Å². The first kappa shape index (κ1) is 20.4. The van der Waals surface area contributed by atoms with Gasteiger partial charge in [-0.3, -0.25) is 9.69 Å². The highest BCUT2D eigenvalue weighted by Crippen LogP contribution is 2.27. The van der Waals surface area contributed by atoms with Crippen LogP contribution >= 0.6 is 0 Å². The molecule has 0 radical (unpaired) electrons. The average molecular weight is 380 g/mol. The van der Waals surface area contributed by atoms with Crippen LogP contribution in [0.1, 0.15) is 44.2 Å². The normalized spacial score (nSPS) is 17.2. The second-order valence-corrected chi connectivity index (χ2v) is 7.87. The fraction of sp³-hybridized carbons (Fsp3) is 0.458. The number of piperazine rings is 1. The number of nitrogens with zero attached hydrogens (tertiary/aromatic N) is 2. The number of hydrogen-bond acceptors (Lipinski definition) is 3. The van der Waals surface area contributed by atoms with Gasteiger partial charge in [0.25, 0.3) is 0 Å². The Morgan fingerprint density at radius 2 is 1.64 bits per heavy atom. The highest BCUT2D eigenvalue weighted by molar-refractivity contribution is 5.95. The number of benzene rings is 2. The zero-order valence-electron chi connectivity index (χ0n) is 17.6. The molecule has 0 bridgehead atoms. The maximum atomic E-state index is 12.9. The minimum absolute atomic E-state index is 0.0834. The van der Waals surface area contributed by atoms with Crippen molar-refractivity contribution >= 4 is 17.3 Å². The van der Waals surface area contributed by atoms with Crippen molar-refractivity contribution in [3.05, 3.63) is 59.7 Å². The molecule has 3 rings (SSSR count). The van der Waals surface area contributed by atoms with Gasteiger partial charge in [-0.25, -0.2) is 0 Å². The van der Waals surface area contributed by atoms with E-state index in [0.29, 0.717) is 5.92 Å². The molecule has 4 nitrogen and oxygen atoms in total. The van der Waals surface area contributed by atoms with Crippen molar-refractivity contribution in [2.24, 2.45) is 0 Å². The van der Waals surface area contributed by atoms with E-state index in [2.05, 4.69) is 66.2 Å². The second-order valence-electron chi connectivity index (χ2n) is 7.87.